The SMILES string of the molecule is O=C(NNC(=O)c1cc2c(s1)CCCCC2)c1ccc(C(F)(F)F)nc1. The summed E-state index contributed by atoms with van der Waals surface area (Å²) in [6.07, 6.45) is 1.53. The van der Waals surface area contributed by atoms with Crippen LogP contribution in [0.4, 0.5) is 13.2 Å². The van der Waals surface area contributed by atoms with Gasteiger partial charge in [-0.2, -0.15) is 13.2 Å². The van der Waals surface area contributed by atoms with Crippen molar-refractivity contribution in [2.24, 2.45) is 0 Å². The van der Waals surface area contributed by atoms with Crippen LogP contribution < -0.4 is 10.9 Å². The number of nitrogens with one attached hydrogen (secondary N) is 2. The molecule has 0 saturated heterocycles. The quantitative estimate of drug-likeness (QED) is 0.616. The number of carbonyl (C=O) groups excluding carboxylic acids is 2. The van der Waals surface area contributed by atoms with Gasteiger partial charge in [0.25, 0.3) is 11.8 Å². The molecule has 0 atom stereocenters. The Kier molecular flexibility index (Phi) is 5.26. The fourth-order valence-corrected chi connectivity index (χ4v) is 3.87. The highest BCUT2D eigenvalue weighted by atomic mass is 32.1. The first-order chi connectivity index (χ1) is 12.3. The van der Waals surface area contributed by atoms with Crippen molar-refractivity contribution in [2.45, 2.75) is 38.3 Å². The lowest BCUT2D eigenvalue weighted by atomic mass is 10.1. The number of nitrogens with zero attached hydrogens (tertiary/aromatic N) is 1. The predicted molar refractivity (Wildman–Crippen MR) is 89.7 cm³/mol. The molecule has 2 aromatic heterocycles. The summed E-state index contributed by atoms with van der Waals surface area (Å²) in [6, 6.07) is 3.56. The fraction of sp³-hybridized carbons (Fsp3) is 0.353. The number of carbonyl (C=O) groups is 2. The molecule has 0 saturated carbocycles. The van der Waals surface area contributed by atoms with Crippen molar-refractivity contribution in [3.05, 3.63) is 51.0 Å². The Morgan fingerprint density at radius 1 is 1.04 bits per heavy atom. The maximum Gasteiger partial charge on any atom is 0.433 e. The van der Waals surface area contributed by atoms with Gasteiger partial charge in [0.1, 0.15) is 5.69 Å². The highest BCUT2D eigenvalue weighted by Crippen LogP contribution is 2.29. The molecule has 0 aliphatic heterocycles. The van der Waals surface area contributed by atoms with Gasteiger partial charge in [0.2, 0.25) is 0 Å². The van der Waals surface area contributed by atoms with E-state index >= 15 is 0 Å². The van der Waals surface area contributed by atoms with Gasteiger partial charge in [-0.05, 0) is 49.4 Å². The summed E-state index contributed by atoms with van der Waals surface area (Å²) in [5, 5.41) is 0. The van der Waals surface area contributed by atoms with E-state index in [1.807, 2.05) is 6.07 Å². The van der Waals surface area contributed by atoms with Gasteiger partial charge in [-0.25, -0.2) is 0 Å². The minimum Gasteiger partial charge on any atom is -0.267 e. The molecule has 0 fully saturated rings. The summed E-state index contributed by atoms with van der Waals surface area (Å²) in [5.74, 6) is -1.19. The smallest absolute Gasteiger partial charge is 0.267 e. The number of aromatic nitrogens is 1. The van der Waals surface area contributed by atoms with E-state index in [-0.39, 0.29) is 5.56 Å². The zero-order valence-electron chi connectivity index (χ0n) is 13.7. The summed E-state index contributed by atoms with van der Waals surface area (Å²) in [6.45, 7) is 0. The number of amides is 2. The summed E-state index contributed by atoms with van der Waals surface area (Å²) in [7, 11) is 0. The molecule has 26 heavy (non-hydrogen) atoms. The van der Waals surface area contributed by atoms with Crippen LogP contribution in [0, 0.1) is 0 Å². The first kappa shape index (κ1) is 18.4. The highest BCUT2D eigenvalue weighted by molar-refractivity contribution is 7.14. The van der Waals surface area contributed by atoms with Gasteiger partial charge in [-0.15, -0.1) is 11.3 Å². The number of hydrazine groups is 1. The van der Waals surface area contributed by atoms with Gasteiger partial charge in [0, 0.05) is 11.1 Å². The summed E-state index contributed by atoms with van der Waals surface area (Å²) >= 11 is 1.41. The maximum atomic E-state index is 12.5. The molecule has 0 bridgehead atoms. The van der Waals surface area contributed by atoms with Crippen LogP contribution in [0.3, 0.4) is 0 Å². The van der Waals surface area contributed by atoms with Crippen molar-refractivity contribution < 1.29 is 22.8 Å². The van der Waals surface area contributed by atoms with E-state index in [1.165, 1.54) is 28.2 Å². The van der Waals surface area contributed by atoms with Crippen LogP contribution in [-0.2, 0) is 19.0 Å². The lowest BCUT2D eigenvalue weighted by Crippen LogP contribution is -2.41. The molecule has 2 amide bonds. The predicted octanol–water partition coefficient (Wildman–Crippen LogP) is 3.51. The molecular weight excluding hydrogens is 367 g/mol. The molecule has 0 aromatic carbocycles. The summed E-state index contributed by atoms with van der Waals surface area (Å²) in [4.78, 5) is 29.0. The standard InChI is InChI=1S/C17H16F3N3O2S/c18-17(19,20)14-7-6-11(9-21-14)15(24)22-23-16(25)13-8-10-4-2-1-3-5-12(10)26-13/h6-9H,1-5H2,(H,22,24)(H,23,25). The Hall–Kier alpha value is -2.42. The number of aryl methyl sites for hydroxylation is 2. The first-order valence-electron chi connectivity index (χ1n) is 8.10. The molecule has 2 heterocycles. The first-order valence-corrected chi connectivity index (χ1v) is 8.92. The lowest BCUT2D eigenvalue weighted by Gasteiger charge is -2.08. The minimum absolute atomic E-state index is 0.0831. The Morgan fingerprint density at radius 3 is 2.46 bits per heavy atom. The van der Waals surface area contributed by atoms with Crippen molar-refractivity contribution in [1.82, 2.24) is 15.8 Å². The number of pyridine rings is 1. The third-order valence-electron chi connectivity index (χ3n) is 4.08. The molecule has 0 unspecified atom stereocenters. The van der Waals surface area contributed by atoms with Gasteiger partial charge in [-0.1, -0.05) is 6.42 Å². The normalized spacial score (nSPS) is 14.3. The third-order valence-corrected chi connectivity index (χ3v) is 5.31. The Balaban J connectivity index is 1.60. The van der Waals surface area contributed by atoms with Gasteiger partial charge in [0.05, 0.1) is 10.4 Å². The number of hydrogen-bond acceptors (Lipinski definition) is 4. The van der Waals surface area contributed by atoms with Crippen LogP contribution in [0.1, 0.15) is 55.4 Å². The lowest BCUT2D eigenvalue weighted by molar-refractivity contribution is -0.141. The topological polar surface area (TPSA) is 71.1 Å². The maximum absolute atomic E-state index is 12.5. The third kappa shape index (κ3) is 4.21. The van der Waals surface area contributed by atoms with E-state index in [9.17, 15) is 22.8 Å². The fourth-order valence-electron chi connectivity index (χ4n) is 2.72. The van der Waals surface area contributed by atoms with Gasteiger partial charge < -0.3 is 0 Å². The van der Waals surface area contributed by atoms with Gasteiger partial charge in [-0.3, -0.25) is 25.4 Å². The Morgan fingerprint density at radius 2 is 1.77 bits per heavy atom. The Labute approximate surface area is 151 Å². The van der Waals surface area contributed by atoms with E-state index in [0.717, 1.165) is 37.9 Å². The average Bonchev–Trinajstić information content (AvgIpc) is 2.89. The van der Waals surface area contributed by atoms with Crippen LogP contribution in [0.2, 0.25) is 0 Å². The molecule has 0 spiro atoms. The van der Waals surface area contributed by atoms with Crippen molar-refractivity contribution in [3.8, 4) is 0 Å². The van der Waals surface area contributed by atoms with Crippen molar-refractivity contribution in [3.63, 3.8) is 0 Å². The molecular formula is C17H16F3N3O2S. The van der Waals surface area contributed by atoms with Crippen molar-refractivity contribution in [2.75, 3.05) is 0 Å². The molecule has 9 heteroatoms. The molecule has 138 valence electrons. The van der Waals surface area contributed by atoms with Crippen LogP contribution in [0.25, 0.3) is 0 Å². The van der Waals surface area contributed by atoms with Crippen molar-refractivity contribution in [1.29, 1.82) is 0 Å². The monoisotopic (exact) mass is 383 g/mol. The molecule has 3 rings (SSSR count). The van der Waals surface area contributed by atoms with E-state index in [4.69, 9.17) is 0 Å². The molecule has 5 nitrogen and oxygen atoms in total. The number of rotatable bonds is 2. The summed E-state index contributed by atoms with van der Waals surface area (Å²) < 4.78 is 37.4. The summed E-state index contributed by atoms with van der Waals surface area (Å²) in [5.41, 5.74) is 4.49. The van der Waals surface area contributed by atoms with Gasteiger partial charge >= 0.3 is 6.18 Å². The van der Waals surface area contributed by atoms with E-state index in [0.29, 0.717) is 10.9 Å². The number of hydrogen-bond donors (Lipinski definition) is 2. The Bertz CT molecular complexity index is 792. The van der Waals surface area contributed by atoms with E-state index in [2.05, 4.69) is 15.8 Å². The van der Waals surface area contributed by atoms with Crippen LogP contribution in [0.5, 0.6) is 0 Å². The van der Waals surface area contributed by atoms with Crippen molar-refractivity contribution >= 4 is 23.2 Å². The largest absolute Gasteiger partial charge is 0.433 e. The molecule has 2 N–H and O–H groups in total. The molecule has 1 aliphatic rings. The second-order valence-corrected chi connectivity index (χ2v) is 7.09. The second kappa shape index (κ2) is 7.45. The number of halogens is 3. The highest BCUT2D eigenvalue weighted by Gasteiger charge is 2.32. The number of thiophene rings is 1. The average molecular weight is 383 g/mol. The molecule has 1 aliphatic carbocycles. The van der Waals surface area contributed by atoms with Gasteiger partial charge in [0.15, 0.2) is 0 Å². The number of fused-ring (bicyclic) bond motifs is 1. The second-order valence-electron chi connectivity index (χ2n) is 5.96. The minimum atomic E-state index is -4.57. The van der Waals surface area contributed by atoms with E-state index < -0.39 is 23.7 Å². The zero-order valence-corrected chi connectivity index (χ0v) is 14.5. The van der Waals surface area contributed by atoms with E-state index in [1.54, 1.807) is 0 Å². The van der Waals surface area contributed by atoms with Crippen LogP contribution >= 0.6 is 11.3 Å². The van der Waals surface area contributed by atoms with Crippen LogP contribution in [0.15, 0.2) is 24.4 Å². The number of alkyl halides is 3. The van der Waals surface area contributed by atoms with Crippen LogP contribution in [-0.4, -0.2) is 16.8 Å². The zero-order chi connectivity index (χ0) is 18.7. The molecule has 0 radical (unpaired) electrons. The molecule has 2 aromatic rings.